The van der Waals surface area contributed by atoms with E-state index in [9.17, 15) is 4.39 Å². The number of rotatable bonds is 6. The van der Waals surface area contributed by atoms with Gasteiger partial charge in [0, 0.05) is 18.8 Å². The molecule has 1 unspecified atom stereocenters. The van der Waals surface area contributed by atoms with E-state index in [0.29, 0.717) is 17.7 Å². The average molecular weight is 255 g/mol. The molecular formula is C13H22FN3O. The maximum Gasteiger partial charge on any atom is 0.123 e. The minimum Gasteiger partial charge on any atom is -0.398 e. The molecule has 1 aromatic carbocycles. The van der Waals surface area contributed by atoms with Crippen LogP contribution < -0.4 is 17.0 Å². The molecule has 0 aromatic heterocycles. The van der Waals surface area contributed by atoms with Gasteiger partial charge in [0.25, 0.3) is 0 Å². The lowest BCUT2D eigenvalue weighted by atomic mass is 9.94. The van der Waals surface area contributed by atoms with Gasteiger partial charge in [0.1, 0.15) is 5.82 Å². The molecule has 18 heavy (non-hydrogen) atoms. The molecule has 0 saturated heterocycles. The Morgan fingerprint density at radius 1 is 1.44 bits per heavy atom. The number of hydrogen-bond donors (Lipinski definition) is 3. The molecule has 0 radical (unpaired) electrons. The minimum absolute atomic E-state index is 0.185. The van der Waals surface area contributed by atoms with E-state index in [-0.39, 0.29) is 17.5 Å². The van der Waals surface area contributed by atoms with Gasteiger partial charge in [-0.3, -0.25) is 11.3 Å². The summed E-state index contributed by atoms with van der Waals surface area (Å²) < 4.78 is 18.6. The topological polar surface area (TPSA) is 73.3 Å². The lowest BCUT2D eigenvalue weighted by molar-refractivity contribution is 0.0117. The van der Waals surface area contributed by atoms with Gasteiger partial charge < -0.3 is 10.5 Å². The Morgan fingerprint density at radius 2 is 2.11 bits per heavy atom. The molecule has 0 aliphatic carbocycles. The Bertz CT molecular complexity index is 396. The monoisotopic (exact) mass is 255 g/mol. The van der Waals surface area contributed by atoms with Crippen LogP contribution in [-0.4, -0.2) is 12.7 Å². The molecule has 1 rings (SSSR count). The second-order valence-corrected chi connectivity index (χ2v) is 4.99. The normalized spacial score (nSPS) is 13.6. The van der Waals surface area contributed by atoms with Crippen molar-refractivity contribution >= 4 is 5.69 Å². The first kappa shape index (κ1) is 14.9. The molecule has 1 atom stereocenters. The predicted octanol–water partition coefficient (Wildman–Crippen LogP) is 2.12. The molecule has 102 valence electrons. The van der Waals surface area contributed by atoms with Crippen molar-refractivity contribution in [2.45, 2.75) is 38.3 Å². The molecule has 0 fully saturated rings. The van der Waals surface area contributed by atoms with Gasteiger partial charge in [-0.05, 0) is 50.5 Å². The number of methoxy groups -OCH3 is 1. The van der Waals surface area contributed by atoms with Crippen LogP contribution in [0.15, 0.2) is 18.2 Å². The smallest absolute Gasteiger partial charge is 0.123 e. The van der Waals surface area contributed by atoms with Crippen LogP contribution in [-0.2, 0) is 4.74 Å². The van der Waals surface area contributed by atoms with Crippen LogP contribution in [0, 0.1) is 5.82 Å². The van der Waals surface area contributed by atoms with E-state index in [1.165, 1.54) is 12.1 Å². The van der Waals surface area contributed by atoms with Crippen molar-refractivity contribution < 1.29 is 9.13 Å². The molecule has 0 heterocycles. The van der Waals surface area contributed by atoms with E-state index in [2.05, 4.69) is 5.43 Å². The first-order chi connectivity index (χ1) is 8.39. The summed E-state index contributed by atoms with van der Waals surface area (Å²) in [7, 11) is 1.67. The van der Waals surface area contributed by atoms with Crippen LogP contribution in [0.3, 0.4) is 0 Å². The van der Waals surface area contributed by atoms with Crippen LogP contribution in [0.1, 0.15) is 38.3 Å². The van der Waals surface area contributed by atoms with Gasteiger partial charge in [0.05, 0.1) is 5.60 Å². The number of hydrazine groups is 1. The van der Waals surface area contributed by atoms with Gasteiger partial charge >= 0.3 is 0 Å². The molecule has 0 amide bonds. The summed E-state index contributed by atoms with van der Waals surface area (Å²) in [6.07, 6.45) is 1.50. The first-order valence-electron chi connectivity index (χ1n) is 5.96. The summed E-state index contributed by atoms with van der Waals surface area (Å²) in [5.74, 6) is 5.21. The van der Waals surface area contributed by atoms with Crippen molar-refractivity contribution in [1.82, 2.24) is 5.43 Å². The number of hydrogen-bond acceptors (Lipinski definition) is 4. The van der Waals surface area contributed by atoms with E-state index >= 15 is 0 Å². The maximum absolute atomic E-state index is 13.2. The van der Waals surface area contributed by atoms with Crippen molar-refractivity contribution in [1.29, 1.82) is 0 Å². The molecule has 0 saturated carbocycles. The van der Waals surface area contributed by atoms with Crippen molar-refractivity contribution in [3.63, 3.8) is 0 Å². The highest BCUT2D eigenvalue weighted by Crippen LogP contribution is 2.27. The van der Waals surface area contributed by atoms with Crippen LogP contribution >= 0.6 is 0 Å². The highest BCUT2D eigenvalue weighted by atomic mass is 19.1. The Morgan fingerprint density at radius 3 is 2.67 bits per heavy atom. The lowest BCUT2D eigenvalue weighted by Gasteiger charge is -2.26. The quantitative estimate of drug-likeness (QED) is 0.413. The Hall–Kier alpha value is -1.17. The molecule has 5 heteroatoms. The molecular weight excluding hydrogens is 233 g/mol. The molecule has 1 aromatic rings. The van der Waals surface area contributed by atoms with Gasteiger partial charge in [-0.15, -0.1) is 0 Å². The highest BCUT2D eigenvalue weighted by molar-refractivity contribution is 5.48. The summed E-state index contributed by atoms with van der Waals surface area (Å²) in [6, 6.07) is 4.12. The Labute approximate surface area is 107 Å². The number of nitrogens with two attached hydrogens (primary N) is 2. The van der Waals surface area contributed by atoms with E-state index in [4.69, 9.17) is 16.3 Å². The third-order valence-electron chi connectivity index (χ3n) is 3.21. The average Bonchev–Trinajstić information content (AvgIpc) is 2.34. The van der Waals surface area contributed by atoms with E-state index < -0.39 is 0 Å². The lowest BCUT2D eigenvalue weighted by Crippen LogP contribution is -2.31. The van der Waals surface area contributed by atoms with E-state index in [1.807, 2.05) is 13.8 Å². The molecule has 5 N–H and O–H groups in total. The number of nitrogen functional groups attached to an aromatic ring is 1. The van der Waals surface area contributed by atoms with Crippen molar-refractivity contribution in [2.24, 2.45) is 5.84 Å². The summed E-state index contributed by atoms with van der Waals surface area (Å²) in [6.45, 7) is 3.99. The zero-order valence-corrected chi connectivity index (χ0v) is 11.2. The largest absolute Gasteiger partial charge is 0.398 e. The third-order valence-corrected chi connectivity index (χ3v) is 3.21. The summed E-state index contributed by atoms with van der Waals surface area (Å²) >= 11 is 0. The fourth-order valence-electron chi connectivity index (χ4n) is 1.77. The molecule has 0 bridgehead atoms. The van der Waals surface area contributed by atoms with Crippen molar-refractivity contribution in [3.05, 3.63) is 29.6 Å². The van der Waals surface area contributed by atoms with Gasteiger partial charge in [-0.2, -0.15) is 0 Å². The van der Waals surface area contributed by atoms with E-state index in [0.717, 1.165) is 6.42 Å². The number of ether oxygens (including phenoxy) is 1. The Balaban J connectivity index is 2.80. The number of nitrogens with one attached hydrogen (secondary N) is 1. The number of benzene rings is 1. The van der Waals surface area contributed by atoms with Crippen LogP contribution in [0.25, 0.3) is 0 Å². The van der Waals surface area contributed by atoms with Crippen LogP contribution in [0.5, 0.6) is 0 Å². The minimum atomic E-state index is -0.314. The second kappa shape index (κ2) is 6.13. The molecule has 0 aliphatic rings. The predicted molar refractivity (Wildman–Crippen MR) is 71.2 cm³/mol. The standard InChI is InChI=1S/C13H22FN3O/c1-13(2,18-3)7-6-12(17-16)10-8-9(14)4-5-11(10)15/h4-5,8,12,17H,6-7,15-16H2,1-3H3. The number of anilines is 1. The fourth-order valence-corrected chi connectivity index (χ4v) is 1.77. The Kier molecular flexibility index (Phi) is 5.07. The van der Waals surface area contributed by atoms with Gasteiger partial charge in [-0.25, -0.2) is 4.39 Å². The van der Waals surface area contributed by atoms with Crippen LogP contribution in [0.4, 0.5) is 10.1 Å². The summed E-state index contributed by atoms with van der Waals surface area (Å²) in [5, 5.41) is 0. The molecule has 0 spiro atoms. The highest BCUT2D eigenvalue weighted by Gasteiger charge is 2.21. The molecule has 4 nitrogen and oxygen atoms in total. The zero-order valence-electron chi connectivity index (χ0n) is 11.2. The SMILES string of the molecule is COC(C)(C)CCC(NN)c1cc(F)ccc1N. The van der Waals surface area contributed by atoms with Gasteiger partial charge in [0.15, 0.2) is 0 Å². The van der Waals surface area contributed by atoms with Gasteiger partial charge in [0.2, 0.25) is 0 Å². The molecule has 0 aliphatic heterocycles. The first-order valence-corrected chi connectivity index (χ1v) is 5.96. The number of halogens is 1. The van der Waals surface area contributed by atoms with Crippen molar-refractivity contribution in [3.8, 4) is 0 Å². The van der Waals surface area contributed by atoms with Crippen LogP contribution in [0.2, 0.25) is 0 Å². The summed E-state index contributed by atoms with van der Waals surface area (Å²) in [5.41, 5.74) is 9.51. The van der Waals surface area contributed by atoms with E-state index in [1.54, 1.807) is 13.2 Å². The third kappa shape index (κ3) is 3.94. The summed E-state index contributed by atoms with van der Waals surface area (Å²) in [4.78, 5) is 0. The van der Waals surface area contributed by atoms with Gasteiger partial charge in [-0.1, -0.05) is 0 Å². The fraction of sp³-hybridized carbons (Fsp3) is 0.538. The van der Waals surface area contributed by atoms with Crippen molar-refractivity contribution in [2.75, 3.05) is 12.8 Å². The second-order valence-electron chi connectivity index (χ2n) is 4.99. The maximum atomic E-state index is 13.2. The zero-order chi connectivity index (χ0) is 13.8.